The van der Waals surface area contributed by atoms with Gasteiger partial charge in [0.05, 0.1) is 0 Å². The number of hydrogen-bond acceptors (Lipinski definition) is 1. The lowest BCUT2D eigenvalue weighted by atomic mass is 9.96. The Kier molecular flexibility index (Phi) is 8.06. The fourth-order valence-electron chi connectivity index (χ4n) is 2.40. The molecule has 1 aromatic carbocycles. The molecule has 0 aromatic heterocycles. The normalized spacial score (nSPS) is 13.8. The lowest BCUT2D eigenvalue weighted by molar-refractivity contribution is 0.342. The van der Waals surface area contributed by atoms with E-state index in [1.54, 1.807) is 0 Å². The first-order valence-corrected chi connectivity index (χ1v) is 8.57. The maximum atomic E-state index is 6.21. The van der Waals surface area contributed by atoms with Crippen LogP contribution >= 0.6 is 11.6 Å². The van der Waals surface area contributed by atoms with Gasteiger partial charge in [-0.15, -0.1) is 0 Å². The minimum Gasteiger partial charge on any atom is -0.300 e. The van der Waals surface area contributed by atoms with Gasteiger partial charge in [-0.05, 0) is 61.2 Å². The van der Waals surface area contributed by atoms with Crippen LogP contribution in [0.1, 0.15) is 51.7 Å². The van der Waals surface area contributed by atoms with E-state index in [2.05, 4.69) is 57.7 Å². The molecule has 1 atom stereocenters. The molecule has 0 unspecified atom stereocenters. The van der Waals surface area contributed by atoms with Crippen LogP contribution in [0.15, 0.2) is 24.3 Å². The molecule has 0 aliphatic rings. The molecule has 21 heavy (non-hydrogen) atoms. The number of halogens is 1. The Morgan fingerprint density at radius 2 is 1.90 bits per heavy atom. The van der Waals surface area contributed by atoms with Crippen LogP contribution in [0.2, 0.25) is 5.02 Å². The third-order valence-electron chi connectivity index (χ3n) is 4.30. The molecular weight excluding hydrogens is 278 g/mol. The van der Waals surface area contributed by atoms with E-state index in [1.807, 2.05) is 6.07 Å². The van der Waals surface area contributed by atoms with Crippen LogP contribution in [0.3, 0.4) is 0 Å². The van der Waals surface area contributed by atoms with Crippen LogP contribution in [0, 0.1) is 12.8 Å². The molecule has 0 saturated carbocycles. The summed E-state index contributed by atoms with van der Waals surface area (Å²) in [5.74, 6) is 0.733. The summed E-state index contributed by atoms with van der Waals surface area (Å²) in [6.45, 7) is 14.4. The summed E-state index contributed by atoms with van der Waals surface area (Å²) in [6, 6.07) is 6.21. The fourth-order valence-corrected chi connectivity index (χ4v) is 2.57. The van der Waals surface area contributed by atoms with Crippen LogP contribution in [0.5, 0.6) is 0 Å². The molecule has 1 aromatic rings. The van der Waals surface area contributed by atoms with Gasteiger partial charge in [0.15, 0.2) is 0 Å². The molecule has 0 aliphatic heterocycles. The van der Waals surface area contributed by atoms with Crippen molar-refractivity contribution < 1.29 is 0 Å². The standard InChI is InChI=1S/C19H30ClN/c1-6-15(4)9-11-17(14-21(7-2)8-3)19-13-18(20)12-10-16(19)5/h10-13,15H,6-9,14H2,1-5H3/b17-11-/t15-/m0/s1. The molecule has 0 amide bonds. The summed E-state index contributed by atoms with van der Waals surface area (Å²) in [7, 11) is 0. The zero-order chi connectivity index (χ0) is 15.8. The van der Waals surface area contributed by atoms with Gasteiger partial charge in [-0.2, -0.15) is 0 Å². The molecule has 0 aliphatic carbocycles. The Morgan fingerprint density at radius 3 is 2.48 bits per heavy atom. The molecule has 0 bridgehead atoms. The zero-order valence-corrected chi connectivity index (χ0v) is 15.0. The number of rotatable bonds is 8. The number of allylic oxidation sites excluding steroid dienone is 1. The van der Waals surface area contributed by atoms with Gasteiger partial charge in [0.25, 0.3) is 0 Å². The highest BCUT2D eigenvalue weighted by molar-refractivity contribution is 6.30. The molecule has 2 heteroatoms. The van der Waals surface area contributed by atoms with Gasteiger partial charge in [0.1, 0.15) is 0 Å². The summed E-state index contributed by atoms with van der Waals surface area (Å²) >= 11 is 6.21. The first-order chi connectivity index (χ1) is 10.0. The van der Waals surface area contributed by atoms with Gasteiger partial charge in [-0.1, -0.05) is 57.9 Å². The van der Waals surface area contributed by atoms with E-state index < -0.39 is 0 Å². The van der Waals surface area contributed by atoms with Crippen molar-refractivity contribution in [2.75, 3.05) is 19.6 Å². The van der Waals surface area contributed by atoms with Crippen molar-refractivity contribution in [1.82, 2.24) is 4.90 Å². The van der Waals surface area contributed by atoms with Crippen molar-refractivity contribution in [3.05, 3.63) is 40.4 Å². The summed E-state index contributed by atoms with van der Waals surface area (Å²) in [6.07, 6.45) is 4.79. The van der Waals surface area contributed by atoms with E-state index in [4.69, 9.17) is 11.6 Å². The Morgan fingerprint density at radius 1 is 1.24 bits per heavy atom. The van der Waals surface area contributed by atoms with Crippen LogP contribution in [0.25, 0.3) is 5.57 Å². The fraction of sp³-hybridized carbons (Fsp3) is 0.579. The van der Waals surface area contributed by atoms with Gasteiger partial charge in [0, 0.05) is 11.6 Å². The van der Waals surface area contributed by atoms with Crippen molar-refractivity contribution >= 4 is 17.2 Å². The van der Waals surface area contributed by atoms with E-state index in [0.29, 0.717) is 0 Å². The second-order valence-electron chi connectivity index (χ2n) is 5.90. The molecule has 1 nitrogen and oxygen atoms in total. The average molecular weight is 308 g/mol. The predicted molar refractivity (Wildman–Crippen MR) is 96.0 cm³/mol. The van der Waals surface area contributed by atoms with E-state index in [0.717, 1.165) is 37.0 Å². The summed E-state index contributed by atoms with van der Waals surface area (Å²) in [5, 5.41) is 0.824. The zero-order valence-electron chi connectivity index (χ0n) is 14.2. The monoisotopic (exact) mass is 307 g/mol. The summed E-state index contributed by atoms with van der Waals surface area (Å²) in [5.41, 5.74) is 4.03. The van der Waals surface area contributed by atoms with Crippen LogP contribution < -0.4 is 0 Å². The topological polar surface area (TPSA) is 3.24 Å². The molecule has 0 spiro atoms. The van der Waals surface area contributed by atoms with Crippen molar-refractivity contribution in [3.8, 4) is 0 Å². The molecule has 0 heterocycles. The largest absolute Gasteiger partial charge is 0.300 e. The summed E-state index contributed by atoms with van der Waals surface area (Å²) in [4.78, 5) is 2.46. The quantitative estimate of drug-likeness (QED) is 0.586. The highest BCUT2D eigenvalue weighted by atomic mass is 35.5. The number of benzene rings is 1. The second kappa shape index (κ2) is 9.27. The first kappa shape index (κ1) is 18.3. The number of likely N-dealkylation sites (N-methyl/N-ethyl adjacent to an activating group) is 1. The maximum absolute atomic E-state index is 6.21. The van der Waals surface area contributed by atoms with Crippen molar-refractivity contribution in [2.24, 2.45) is 5.92 Å². The number of hydrogen-bond donors (Lipinski definition) is 0. The third kappa shape index (κ3) is 5.84. The SMILES string of the molecule is CC[C@H](C)C/C=C(/CN(CC)CC)c1cc(Cl)ccc1C. The lowest BCUT2D eigenvalue weighted by Crippen LogP contribution is -2.25. The van der Waals surface area contributed by atoms with Gasteiger partial charge in [-0.3, -0.25) is 4.90 Å². The molecule has 118 valence electrons. The molecular formula is C19H30ClN. The van der Waals surface area contributed by atoms with Crippen molar-refractivity contribution in [1.29, 1.82) is 0 Å². The van der Waals surface area contributed by atoms with Gasteiger partial charge < -0.3 is 0 Å². The highest BCUT2D eigenvalue weighted by Gasteiger charge is 2.10. The second-order valence-corrected chi connectivity index (χ2v) is 6.34. The van der Waals surface area contributed by atoms with E-state index >= 15 is 0 Å². The molecule has 0 N–H and O–H groups in total. The van der Waals surface area contributed by atoms with E-state index in [1.165, 1.54) is 23.1 Å². The maximum Gasteiger partial charge on any atom is 0.0412 e. The van der Waals surface area contributed by atoms with Gasteiger partial charge >= 0.3 is 0 Å². The lowest BCUT2D eigenvalue weighted by Gasteiger charge is -2.22. The van der Waals surface area contributed by atoms with Crippen molar-refractivity contribution in [2.45, 2.75) is 47.5 Å². The number of nitrogens with zero attached hydrogens (tertiary/aromatic N) is 1. The Balaban J connectivity index is 3.08. The third-order valence-corrected chi connectivity index (χ3v) is 4.53. The van der Waals surface area contributed by atoms with Gasteiger partial charge in [0.2, 0.25) is 0 Å². The summed E-state index contributed by atoms with van der Waals surface area (Å²) < 4.78 is 0. The van der Waals surface area contributed by atoms with E-state index in [9.17, 15) is 0 Å². The average Bonchev–Trinajstić information content (AvgIpc) is 2.50. The van der Waals surface area contributed by atoms with Crippen LogP contribution in [-0.4, -0.2) is 24.5 Å². The predicted octanol–water partition coefficient (Wildman–Crippen LogP) is 5.81. The highest BCUT2D eigenvalue weighted by Crippen LogP contribution is 2.25. The Hall–Kier alpha value is -0.790. The molecule has 0 radical (unpaired) electrons. The smallest absolute Gasteiger partial charge is 0.0412 e. The number of aryl methyl sites for hydroxylation is 1. The minimum absolute atomic E-state index is 0.733. The molecule has 0 saturated heterocycles. The Bertz CT molecular complexity index is 461. The van der Waals surface area contributed by atoms with Crippen molar-refractivity contribution in [3.63, 3.8) is 0 Å². The van der Waals surface area contributed by atoms with E-state index in [-0.39, 0.29) is 0 Å². The van der Waals surface area contributed by atoms with Crippen LogP contribution in [0.4, 0.5) is 0 Å². The van der Waals surface area contributed by atoms with Crippen LogP contribution in [-0.2, 0) is 0 Å². The van der Waals surface area contributed by atoms with Gasteiger partial charge in [-0.25, -0.2) is 0 Å². The first-order valence-electron chi connectivity index (χ1n) is 8.19. The Labute approximate surface area is 136 Å². The minimum atomic E-state index is 0.733. The molecule has 1 rings (SSSR count). The molecule has 0 fully saturated rings.